The zero-order valence-electron chi connectivity index (χ0n) is 28.7. The van der Waals surface area contributed by atoms with Crippen LogP contribution in [-0.2, 0) is 25.2 Å². The number of H-pyrrole nitrogens is 1. The standard InChI is InChI=1S/C40H42N2O7Si/c1-28-25-42(39(45)41-36(28)43)37-35(49-38(44)30-19-11-6-12-20-30)34(46-26-29-17-9-5-10-18-29)33(48-37)27-47-50(40(2,3)4,31-21-13-7-14-22-31)32-23-15-8-16-24-32/h5-25,33-35,37H,26-27H2,1-4H3,(H,41,43,45)/t33-,34-,35-,37-/m1/s1. The number of esters is 1. The van der Waals surface area contributed by atoms with Gasteiger partial charge in [0.1, 0.15) is 12.2 Å². The van der Waals surface area contributed by atoms with Gasteiger partial charge in [-0.1, -0.05) is 130 Å². The Balaban J connectivity index is 1.44. The van der Waals surface area contributed by atoms with E-state index in [2.05, 4.69) is 50.0 Å². The van der Waals surface area contributed by atoms with E-state index in [1.54, 1.807) is 31.2 Å². The Morgan fingerprint density at radius 3 is 1.90 bits per heavy atom. The summed E-state index contributed by atoms with van der Waals surface area (Å²) in [6.45, 7) is 8.42. The van der Waals surface area contributed by atoms with Crippen LogP contribution in [0.4, 0.5) is 0 Å². The molecule has 4 aromatic carbocycles. The molecule has 0 saturated carbocycles. The lowest BCUT2D eigenvalue weighted by atomic mass is 10.1. The topological polar surface area (TPSA) is 109 Å². The normalized spacial score (nSPS) is 19.3. The van der Waals surface area contributed by atoms with Crippen LogP contribution < -0.4 is 21.6 Å². The maximum atomic E-state index is 13.6. The second kappa shape index (κ2) is 14.9. The zero-order chi connectivity index (χ0) is 35.3. The van der Waals surface area contributed by atoms with Gasteiger partial charge in [0, 0.05) is 11.8 Å². The Morgan fingerprint density at radius 1 is 0.800 bits per heavy atom. The Hall–Kier alpha value is -4.87. The molecule has 1 aliphatic rings. The highest BCUT2D eigenvalue weighted by Crippen LogP contribution is 2.39. The minimum absolute atomic E-state index is 0.0692. The second-order valence-corrected chi connectivity index (χ2v) is 17.8. The molecule has 1 aliphatic heterocycles. The van der Waals surface area contributed by atoms with Gasteiger partial charge in [-0.25, -0.2) is 9.59 Å². The van der Waals surface area contributed by atoms with Gasteiger partial charge in [-0.2, -0.15) is 0 Å². The summed E-state index contributed by atoms with van der Waals surface area (Å²) in [5, 5.41) is 1.87. The van der Waals surface area contributed by atoms with Crippen molar-refractivity contribution in [1.29, 1.82) is 0 Å². The number of hydrogen-bond donors (Lipinski definition) is 1. The van der Waals surface area contributed by atoms with Crippen LogP contribution in [0.25, 0.3) is 0 Å². The van der Waals surface area contributed by atoms with Crippen molar-refractivity contribution >= 4 is 24.7 Å². The molecule has 0 unspecified atom stereocenters. The van der Waals surface area contributed by atoms with Crippen molar-refractivity contribution in [3.63, 3.8) is 0 Å². The van der Waals surface area contributed by atoms with Gasteiger partial charge < -0.3 is 18.6 Å². The molecule has 2 heterocycles. The summed E-state index contributed by atoms with van der Waals surface area (Å²) in [5.41, 5.74) is 0.347. The quantitative estimate of drug-likeness (QED) is 0.151. The number of rotatable bonds is 11. The molecule has 0 aliphatic carbocycles. The SMILES string of the molecule is Cc1cn([C@@H]2O[C@H](CO[Si](c3ccccc3)(c3ccccc3)C(C)(C)C)[C@@H](OCc3ccccc3)[C@H]2OC(=O)c2ccccc2)c(=O)[nH]c1=O. The van der Waals surface area contributed by atoms with E-state index in [0.717, 1.165) is 15.9 Å². The Labute approximate surface area is 292 Å². The number of ether oxygens (including phenoxy) is 3. The third-order valence-corrected chi connectivity index (χ3v) is 14.1. The smallest absolute Gasteiger partial charge is 0.338 e. The first-order chi connectivity index (χ1) is 24.1. The number of aromatic amines is 1. The zero-order valence-corrected chi connectivity index (χ0v) is 29.7. The Kier molecular flexibility index (Phi) is 10.4. The van der Waals surface area contributed by atoms with Crippen LogP contribution in [-0.4, -0.2) is 48.8 Å². The van der Waals surface area contributed by atoms with Gasteiger partial charge in [0.05, 0.1) is 18.8 Å². The summed E-state index contributed by atoms with van der Waals surface area (Å²) >= 11 is 0. The van der Waals surface area contributed by atoms with Gasteiger partial charge in [-0.05, 0) is 40.0 Å². The summed E-state index contributed by atoms with van der Waals surface area (Å²) in [6.07, 6.45) is -2.42. The van der Waals surface area contributed by atoms with Crippen molar-refractivity contribution < 1.29 is 23.4 Å². The number of nitrogens with one attached hydrogen (secondary N) is 1. The van der Waals surface area contributed by atoms with Gasteiger partial charge >= 0.3 is 11.7 Å². The van der Waals surface area contributed by atoms with Crippen molar-refractivity contribution in [2.24, 2.45) is 0 Å². The molecule has 1 aromatic heterocycles. The van der Waals surface area contributed by atoms with Gasteiger partial charge in [0.25, 0.3) is 13.9 Å². The Bertz CT molecular complexity index is 1960. The lowest BCUT2D eigenvalue weighted by Crippen LogP contribution is -2.67. The molecule has 5 aromatic rings. The number of benzene rings is 4. The van der Waals surface area contributed by atoms with Crippen molar-refractivity contribution in [2.75, 3.05) is 6.61 Å². The lowest BCUT2D eigenvalue weighted by molar-refractivity contribution is -0.0644. The maximum Gasteiger partial charge on any atom is 0.338 e. The van der Waals surface area contributed by atoms with E-state index in [4.69, 9.17) is 18.6 Å². The molecule has 0 spiro atoms. The number of carbonyl (C=O) groups is 1. The first-order valence-corrected chi connectivity index (χ1v) is 18.6. The molecule has 1 N–H and O–H groups in total. The van der Waals surface area contributed by atoms with E-state index in [0.29, 0.717) is 11.1 Å². The van der Waals surface area contributed by atoms with Gasteiger partial charge in [-0.15, -0.1) is 0 Å². The van der Waals surface area contributed by atoms with E-state index >= 15 is 0 Å². The molecular formula is C40H42N2O7Si. The van der Waals surface area contributed by atoms with Crippen LogP contribution in [0.15, 0.2) is 137 Å². The van der Waals surface area contributed by atoms with Gasteiger partial charge in [0.2, 0.25) is 0 Å². The molecule has 50 heavy (non-hydrogen) atoms. The average molecular weight is 691 g/mol. The molecule has 0 amide bonds. The van der Waals surface area contributed by atoms with E-state index in [1.165, 1.54) is 10.8 Å². The molecule has 6 rings (SSSR count). The number of aromatic nitrogens is 2. The van der Waals surface area contributed by atoms with Crippen molar-refractivity contribution in [1.82, 2.24) is 9.55 Å². The molecule has 1 fully saturated rings. The fraction of sp³-hybridized carbons (Fsp3) is 0.275. The van der Waals surface area contributed by atoms with Crippen LogP contribution in [0.3, 0.4) is 0 Å². The second-order valence-electron chi connectivity index (χ2n) is 13.5. The predicted molar refractivity (Wildman–Crippen MR) is 194 cm³/mol. The van der Waals surface area contributed by atoms with Crippen LogP contribution in [0, 0.1) is 6.92 Å². The minimum Gasteiger partial charge on any atom is -0.451 e. The molecule has 1 saturated heterocycles. The van der Waals surface area contributed by atoms with E-state index < -0.39 is 50.1 Å². The highest BCUT2D eigenvalue weighted by Gasteiger charge is 2.54. The first kappa shape index (κ1) is 35.0. The maximum absolute atomic E-state index is 13.6. The molecule has 9 nitrogen and oxygen atoms in total. The van der Waals surface area contributed by atoms with E-state index in [-0.39, 0.29) is 18.3 Å². The molecule has 0 bridgehead atoms. The predicted octanol–water partition coefficient (Wildman–Crippen LogP) is 5.13. The summed E-state index contributed by atoms with van der Waals surface area (Å²) in [4.78, 5) is 41.7. The molecule has 0 radical (unpaired) electrons. The summed E-state index contributed by atoms with van der Waals surface area (Å²) in [5.74, 6) is -0.597. The highest BCUT2D eigenvalue weighted by molar-refractivity contribution is 6.99. The fourth-order valence-corrected chi connectivity index (χ4v) is 11.2. The molecule has 4 atom stereocenters. The molecule has 258 valence electrons. The third kappa shape index (κ3) is 7.20. The van der Waals surface area contributed by atoms with Crippen molar-refractivity contribution in [3.8, 4) is 0 Å². The third-order valence-electron chi connectivity index (χ3n) is 9.12. The fourth-order valence-electron chi connectivity index (χ4n) is 6.67. The molecular weight excluding hydrogens is 649 g/mol. The van der Waals surface area contributed by atoms with Crippen molar-refractivity contribution in [3.05, 3.63) is 165 Å². The summed E-state index contributed by atoms with van der Waals surface area (Å²) < 4.78 is 28.0. The first-order valence-electron chi connectivity index (χ1n) is 16.7. The van der Waals surface area contributed by atoms with Gasteiger partial charge in [0.15, 0.2) is 12.3 Å². The minimum atomic E-state index is -3.03. The average Bonchev–Trinajstić information content (AvgIpc) is 3.46. The molecule has 10 heteroatoms. The van der Waals surface area contributed by atoms with E-state index in [9.17, 15) is 14.4 Å². The Morgan fingerprint density at radius 2 is 1.34 bits per heavy atom. The van der Waals surface area contributed by atoms with Gasteiger partial charge in [-0.3, -0.25) is 14.3 Å². The van der Waals surface area contributed by atoms with Crippen LogP contribution >= 0.6 is 0 Å². The number of hydrogen-bond acceptors (Lipinski definition) is 7. The highest BCUT2D eigenvalue weighted by atomic mass is 28.4. The number of aryl methyl sites for hydroxylation is 1. The van der Waals surface area contributed by atoms with Crippen LogP contribution in [0.2, 0.25) is 5.04 Å². The van der Waals surface area contributed by atoms with E-state index in [1.807, 2.05) is 72.8 Å². The largest absolute Gasteiger partial charge is 0.451 e. The number of carbonyl (C=O) groups excluding carboxylic acids is 1. The monoisotopic (exact) mass is 690 g/mol. The summed E-state index contributed by atoms with van der Waals surface area (Å²) in [7, 11) is -3.03. The lowest BCUT2D eigenvalue weighted by Gasteiger charge is -2.43. The van der Waals surface area contributed by atoms with Crippen LogP contribution in [0.1, 0.15) is 48.5 Å². The summed E-state index contributed by atoms with van der Waals surface area (Å²) in [6, 6.07) is 38.8. The number of nitrogens with zero attached hydrogens (tertiary/aromatic N) is 1. The van der Waals surface area contributed by atoms with Crippen molar-refractivity contribution in [2.45, 2.75) is 63.9 Å². The van der Waals surface area contributed by atoms with Crippen LogP contribution in [0.5, 0.6) is 0 Å².